The van der Waals surface area contributed by atoms with Crippen molar-refractivity contribution in [2.45, 2.75) is 39.5 Å². The van der Waals surface area contributed by atoms with Gasteiger partial charge in [0.15, 0.2) is 0 Å². The Labute approximate surface area is 158 Å². The number of aryl methyl sites for hydroxylation is 2. The number of rotatable bonds is 6. The molecule has 0 unspecified atom stereocenters. The minimum absolute atomic E-state index is 0.0485. The van der Waals surface area contributed by atoms with Gasteiger partial charge in [0.1, 0.15) is 0 Å². The summed E-state index contributed by atoms with van der Waals surface area (Å²) in [5.41, 5.74) is 2.03. The molecule has 1 aromatic heterocycles. The van der Waals surface area contributed by atoms with E-state index >= 15 is 0 Å². The van der Waals surface area contributed by atoms with Crippen molar-refractivity contribution in [3.63, 3.8) is 0 Å². The van der Waals surface area contributed by atoms with Crippen molar-refractivity contribution in [3.05, 3.63) is 35.7 Å². The third-order valence-electron chi connectivity index (χ3n) is 4.79. The molecule has 144 valence electrons. The van der Waals surface area contributed by atoms with Gasteiger partial charge in [-0.1, -0.05) is 17.7 Å². The molecule has 1 saturated heterocycles. The fraction of sp³-hybridized carbons (Fsp3) is 0.500. The molecular weight excluding hydrogens is 346 g/mol. The van der Waals surface area contributed by atoms with Crippen LogP contribution in [0.1, 0.15) is 37.6 Å². The number of nitrogens with zero attached hydrogens (tertiary/aromatic N) is 3. The minimum atomic E-state index is -0.154. The Kier molecular flexibility index (Phi) is 6.21. The molecular formula is C20H25N3O4. The zero-order valence-corrected chi connectivity index (χ0v) is 15.8. The minimum Gasteiger partial charge on any atom is -0.466 e. The van der Waals surface area contributed by atoms with Crippen LogP contribution in [-0.4, -0.2) is 46.7 Å². The van der Waals surface area contributed by atoms with Crippen LogP contribution in [0.3, 0.4) is 0 Å². The number of esters is 1. The van der Waals surface area contributed by atoms with E-state index in [1.807, 2.05) is 31.2 Å². The van der Waals surface area contributed by atoms with Crippen LogP contribution in [0.25, 0.3) is 11.5 Å². The second-order valence-electron chi connectivity index (χ2n) is 6.77. The maximum atomic E-state index is 12.4. The summed E-state index contributed by atoms with van der Waals surface area (Å²) >= 11 is 0. The van der Waals surface area contributed by atoms with Crippen LogP contribution in [0.15, 0.2) is 28.7 Å². The topological polar surface area (TPSA) is 85.5 Å². The van der Waals surface area contributed by atoms with Crippen LogP contribution in [0.4, 0.5) is 0 Å². The summed E-state index contributed by atoms with van der Waals surface area (Å²) in [6.07, 6.45) is 2.04. The Morgan fingerprint density at radius 1 is 1.19 bits per heavy atom. The molecule has 1 aliphatic rings. The van der Waals surface area contributed by atoms with Gasteiger partial charge in [0, 0.05) is 31.5 Å². The van der Waals surface area contributed by atoms with Gasteiger partial charge >= 0.3 is 5.97 Å². The highest BCUT2D eigenvalue weighted by Crippen LogP contribution is 2.21. The summed E-state index contributed by atoms with van der Waals surface area (Å²) in [7, 11) is 0. The lowest BCUT2D eigenvalue weighted by atomic mass is 9.97. The lowest BCUT2D eigenvalue weighted by Crippen LogP contribution is -2.40. The van der Waals surface area contributed by atoms with Gasteiger partial charge in [-0.25, -0.2) is 0 Å². The Hall–Kier alpha value is -2.70. The fourth-order valence-corrected chi connectivity index (χ4v) is 3.16. The maximum Gasteiger partial charge on any atom is 0.309 e. The first kappa shape index (κ1) is 19.1. The number of hydrogen-bond acceptors (Lipinski definition) is 6. The lowest BCUT2D eigenvalue weighted by Gasteiger charge is -2.30. The van der Waals surface area contributed by atoms with Crippen LogP contribution < -0.4 is 0 Å². The molecule has 2 aromatic rings. The van der Waals surface area contributed by atoms with Crippen molar-refractivity contribution in [1.82, 2.24) is 15.1 Å². The number of benzene rings is 1. The molecule has 0 atom stereocenters. The molecule has 2 heterocycles. The maximum absolute atomic E-state index is 12.4. The third kappa shape index (κ3) is 4.93. The number of piperidine rings is 1. The predicted molar refractivity (Wildman–Crippen MR) is 98.7 cm³/mol. The summed E-state index contributed by atoms with van der Waals surface area (Å²) < 4.78 is 10.7. The molecule has 0 radical (unpaired) electrons. The summed E-state index contributed by atoms with van der Waals surface area (Å²) in [5.74, 6) is 0.724. The number of hydrogen-bond donors (Lipinski definition) is 0. The first-order chi connectivity index (χ1) is 13.1. The number of amides is 1. The second kappa shape index (κ2) is 8.79. The summed E-state index contributed by atoms with van der Waals surface area (Å²) in [6, 6.07) is 7.85. The lowest BCUT2D eigenvalue weighted by molar-refractivity contribution is -0.151. The van der Waals surface area contributed by atoms with Crippen LogP contribution in [-0.2, 0) is 20.7 Å². The smallest absolute Gasteiger partial charge is 0.309 e. The molecule has 1 fully saturated rings. The first-order valence-electron chi connectivity index (χ1n) is 9.40. The number of carbonyl (C=O) groups excluding carboxylic acids is 2. The molecule has 3 rings (SSSR count). The predicted octanol–water partition coefficient (Wildman–Crippen LogP) is 2.78. The molecule has 27 heavy (non-hydrogen) atoms. The van der Waals surface area contributed by atoms with Crippen LogP contribution >= 0.6 is 0 Å². The highest BCUT2D eigenvalue weighted by atomic mass is 16.5. The molecule has 7 heteroatoms. The standard InChI is InChI=1S/C20H25N3O4/c1-3-26-20(25)16-10-12-23(13-11-16)18(24)9-8-17-21-22-19(27-17)15-6-4-14(2)5-7-15/h4-7,16H,3,8-13H2,1-2H3. The van der Waals surface area contributed by atoms with Gasteiger partial charge in [-0.3, -0.25) is 9.59 Å². The van der Waals surface area contributed by atoms with Gasteiger partial charge in [-0.05, 0) is 38.8 Å². The third-order valence-corrected chi connectivity index (χ3v) is 4.79. The van der Waals surface area contributed by atoms with E-state index in [-0.39, 0.29) is 17.8 Å². The van der Waals surface area contributed by atoms with E-state index in [1.165, 1.54) is 0 Å². The number of carbonyl (C=O) groups is 2. The highest BCUT2D eigenvalue weighted by Gasteiger charge is 2.28. The van der Waals surface area contributed by atoms with Crippen LogP contribution in [0, 0.1) is 12.8 Å². The quantitative estimate of drug-likeness (QED) is 0.726. The molecule has 1 aromatic carbocycles. The van der Waals surface area contributed by atoms with E-state index < -0.39 is 0 Å². The zero-order valence-electron chi connectivity index (χ0n) is 15.8. The van der Waals surface area contributed by atoms with Crippen LogP contribution in [0.5, 0.6) is 0 Å². The van der Waals surface area contributed by atoms with E-state index in [4.69, 9.17) is 9.15 Å². The van der Waals surface area contributed by atoms with E-state index in [2.05, 4.69) is 10.2 Å². The Morgan fingerprint density at radius 2 is 1.89 bits per heavy atom. The SMILES string of the molecule is CCOC(=O)C1CCN(C(=O)CCc2nnc(-c3ccc(C)cc3)o2)CC1. The van der Waals surface area contributed by atoms with Crippen molar-refractivity contribution >= 4 is 11.9 Å². The number of aromatic nitrogens is 2. The van der Waals surface area contributed by atoms with Crippen molar-refractivity contribution in [3.8, 4) is 11.5 Å². The van der Waals surface area contributed by atoms with E-state index in [0.717, 1.165) is 11.1 Å². The molecule has 0 saturated carbocycles. The number of ether oxygens (including phenoxy) is 1. The Bertz CT molecular complexity index is 777. The Balaban J connectivity index is 1.47. The average molecular weight is 371 g/mol. The van der Waals surface area contributed by atoms with Crippen molar-refractivity contribution < 1.29 is 18.7 Å². The van der Waals surface area contributed by atoms with Gasteiger partial charge in [0.25, 0.3) is 0 Å². The molecule has 1 amide bonds. The molecule has 0 bridgehead atoms. The van der Waals surface area contributed by atoms with Gasteiger partial charge < -0.3 is 14.1 Å². The summed E-state index contributed by atoms with van der Waals surface area (Å²) in [6.45, 7) is 5.39. The van der Waals surface area contributed by atoms with Gasteiger partial charge in [0.05, 0.1) is 12.5 Å². The largest absolute Gasteiger partial charge is 0.466 e. The van der Waals surface area contributed by atoms with E-state index in [0.29, 0.717) is 57.2 Å². The molecule has 7 nitrogen and oxygen atoms in total. The Morgan fingerprint density at radius 3 is 2.56 bits per heavy atom. The fourth-order valence-electron chi connectivity index (χ4n) is 3.16. The second-order valence-corrected chi connectivity index (χ2v) is 6.77. The molecule has 0 spiro atoms. The van der Waals surface area contributed by atoms with Gasteiger partial charge in [0.2, 0.25) is 17.7 Å². The van der Waals surface area contributed by atoms with E-state index in [1.54, 1.807) is 11.8 Å². The summed E-state index contributed by atoms with van der Waals surface area (Å²) in [5, 5.41) is 8.10. The molecule has 0 N–H and O–H groups in total. The number of likely N-dealkylation sites (tertiary alicyclic amines) is 1. The van der Waals surface area contributed by atoms with Crippen molar-refractivity contribution in [2.24, 2.45) is 5.92 Å². The van der Waals surface area contributed by atoms with Crippen molar-refractivity contribution in [1.29, 1.82) is 0 Å². The van der Waals surface area contributed by atoms with E-state index in [9.17, 15) is 9.59 Å². The van der Waals surface area contributed by atoms with Crippen molar-refractivity contribution in [2.75, 3.05) is 19.7 Å². The van der Waals surface area contributed by atoms with Gasteiger partial charge in [-0.15, -0.1) is 10.2 Å². The van der Waals surface area contributed by atoms with Crippen LogP contribution in [0.2, 0.25) is 0 Å². The summed E-state index contributed by atoms with van der Waals surface area (Å²) in [4.78, 5) is 26.0. The van der Waals surface area contributed by atoms with Gasteiger partial charge in [-0.2, -0.15) is 0 Å². The first-order valence-corrected chi connectivity index (χ1v) is 9.40. The zero-order chi connectivity index (χ0) is 19.2. The highest BCUT2D eigenvalue weighted by molar-refractivity contribution is 5.77. The monoisotopic (exact) mass is 371 g/mol. The molecule has 0 aliphatic carbocycles. The average Bonchev–Trinajstić information content (AvgIpc) is 3.16. The normalized spacial score (nSPS) is 15.0. The molecule has 1 aliphatic heterocycles.